The van der Waals surface area contributed by atoms with Crippen LogP contribution in [0.2, 0.25) is 0 Å². The standard InChI is InChI=1S/C14H24N4O2S/c1-5-20-12(19)14(15-3)8-6-7-11(9-14)21-13-17-16-10(2)18(13)4/h11,15H,5-9H2,1-4H3. The minimum Gasteiger partial charge on any atom is -0.465 e. The van der Waals surface area contributed by atoms with E-state index in [1.807, 2.05) is 32.5 Å². The summed E-state index contributed by atoms with van der Waals surface area (Å²) in [5, 5.41) is 12.8. The molecular weight excluding hydrogens is 288 g/mol. The van der Waals surface area contributed by atoms with Crippen LogP contribution in [-0.2, 0) is 16.6 Å². The number of hydrogen-bond acceptors (Lipinski definition) is 6. The van der Waals surface area contributed by atoms with E-state index in [1.54, 1.807) is 11.8 Å². The predicted octanol–water partition coefficient (Wildman–Crippen LogP) is 1.68. The number of likely N-dealkylation sites (N-methyl/N-ethyl adjacent to an activating group) is 1. The Bertz CT molecular complexity index is 505. The molecule has 0 aliphatic heterocycles. The van der Waals surface area contributed by atoms with Gasteiger partial charge in [-0.2, -0.15) is 0 Å². The molecule has 21 heavy (non-hydrogen) atoms. The molecule has 1 fully saturated rings. The highest BCUT2D eigenvalue weighted by Crippen LogP contribution is 2.38. The zero-order valence-corrected chi connectivity index (χ0v) is 14.0. The molecule has 2 unspecified atom stereocenters. The zero-order chi connectivity index (χ0) is 15.5. The first-order chi connectivity index (χ1) is 10.0. The third-order valence-corrected chi connectivity index (χ3v) is 5.48. The fourth-order valence-electron chi connectivity index (χ4n) is 2.75. The van der Waals surface area contributed by atoms with Crippen LogP contribution in [0.1, 0.15) is 38.4 Å². The maximum absolute atomic E-state index is 12.3. The topological polar surface area (TPSA) is 69.0 Å². The van der Waals surface area contributed by atoms with E-state index >= 15 is 0 Å². The van der Waals surface area contributed by atoms with Gasteiger partial charge < -0.3 is 14.6 Å². The summed E-state index contributed by atoms with van der Waals surface area (Å²) in [6.07, 6.45) is 3.68. The molecule has 7 heteroatoms. The van der Waals surface area contributed by atoms with Crippen LogP contribution in [0.15, 0.2) is 5.16 Å². The average molecular weight is 312 g/mol. The Morgan fingerprint density at radius 2 is 2.33 bits per heavy atom. The molecule has 118 valence electrons. The van der Waals surface area contributed by atoms with Crippen molar-refractivity contribution in [3.63, 3.8) is 0 Å². The van der Waals surface area contributed by atoms with E-state index in [0.29, 0.717) is 11.9 Å². The van der Waals surface area contributed by atoms with E-state index in [2.05, 4.69) is 15.5 Å². The van der Waals surface area contributed by atoms with Crippen molar-refractivity contribution in [1.29, 1.82) is 0 Å². The first-order valence-electron chi connectivity index (χ1n) is 7.41. The zero-order valence-electron chi connectivity index (χ0n) is 13.2. The lowest BCUT2D eigenvalue weighted by atomic mass is 9.81. The van der Waals surface area contributed by atoms with Crippen molar-refractivity contribution in [2.45, 2.75) is 55.5 Å². The van der Waals surface area contributed by atoms with Crippen LogP contribution in [0.3, 0.4) is 0 Å². The Morgan fingerprint density at radius 1 is 1.57 bits per heavy atom. The quantitative estimate of drug-likeness (QED) is 0.834. The second-order valence-corrected chi connectivity index (χ2v) is 6.75. The summed E-state index contributed by atoms with van der Waals surface area (Å²) < 4.78 is 7.25. The van der Waals surface area contributed by atoms with E-state index < -0.39 is 5.54 Å². The van der Waals surface area contributed by atoms with Crippen molar-refractivity contribution >= 4 is 17.7 Å². The molecular formula is C14H24N4O2S. The molecule has 0 aromatic carbocycles. The molecule has 0 spiro atoms. The molecule has 0 saturated heterocycles. The molecule has 1 saturated carbocycles. The monoisotopic (exact) mass is 312 g/mol. The summed E-state index contributed by atoms with van der Waals surface area (Å²) >= 11 is 1.71. The lowest BCUT2D eigenvalue weighted by Gasteiger charge is -2.38. The third-order valence-electron chi connectivity index (χ3n) is 4.18. The molecule has 1 aromatic rings. The number of thioether (sulfide) groups is 1. The molecule has 0 radical (unpaired) electrons. The number of esters is 1. The second kappa shape index (κ2) is 6.79. The highest BCUT2D eigenvalue weighted by molar-refractivity contribution is 7.99. The van der Waals surface area contributed by atoms with Crippen molar-refractivity contribution in [1.82, 2.24) is 20.1 Å². The lowest BCUT2D eigenvalue weighted by Crippen LogP contribution is -2.54. The van der Waals surface area contributed by atoms with Crippen LogP contribution in [0.4, 0.5) is 0 Å². The molecule has 1 aliphatic rings. The number of ether oxygens (including phenoxy) is 1. The van der Waals surface area contributed by atoms with Crippen molar-refractivity contribution in [3.8, 4) is 0 Å². The van der Waals surface area contributed by atoms with Crippen LogP contribution in [0, 0.1) is 6.92 Å². The second-order valence-electron chi connectivity index (χ2n) is 5.48. The molecule has 0 bridgehead atoms. The summed E-state index contributed by atoms with van der Waals surface area (Å²) in [4.78, 5) is 12.3. The van der Waals surface area contributed by atoms with E-state index in [0.717, 1.165) is 36.7 Å². The van der Waals surface area contributed by atoms with Gasteiger partial charge in [0.25, 0.3) is 0 Å². The van der Waals surface area contributed by atoms with Gasteiger partial charge in [-0.25, -0.2) is 0 Å². The van der Waals surface area contributed by atoms with Gasteiger partial charge >= 0.3 is 5.97 Å². The Labute approximate surface area is 130 Å². The Morgan fingerprint density at radius 3 is 2.90 bits per heavy atom. The lowest BCUT2D eigenvalue weighted by molar-refractivity contribution is -0.152. The predicted molar refractivity (Wildman–Crippen MR) is 82.3 cm³/mol. The number of hydrogen-bond donors (Lipinski definition) is 1. The van der Waals surface area contributed by atoms with Crippen LogP contribution >= 0.6 is 11.8 Å². The maximum Gasteiger partial charge on any atom is 0.326 e. The van der Waals surface area contributed by atoms with Gasteiger partial charge in [0.2, 0.25) is 0 Å². The largest absolute Gasteiger partial charge is 0.465 e. The van der Waals surface area contributed by atoms with E-state index in [1.165, 1.54) is 0 Å². The maximum atomic E-state index is 12.3. The minimum atomic E-state index is -0.556. The fourth-order valence-corrected chi connectivity index (χ4v) is 4.08. The van der Waals surface area contributed by atoms with Crippen LogP contribution < -0.4 is 5.32 Å². The van der Waals surface area contributed by atoms with Gasteiger partial charge in [0.1, 0.15) is 11.4 Å². The summed E-state index contributed by atoms with van der Waals surface area (Å²) in [7, 11) is 3.81. The van der Waals surface area contributed by atoms with Gasteiger partial charge in [-0.15, -0.1) is 10.2 Å². The SMILES string of the molecule is CCOC(=O)C1(NC)CCCC(Sc2nnc(C)n2C)C1. The number of aryl methyl sites for hydroxylation is 1. The van der Waals surface area contributed by atoms with Crippen LogP contribution in [0.25, 0.3) is 0 Å². The molecule has 0 amide bonds. The number of aromatic nitrogens is 3. The number of carbonyl (C=O) groups is 1. The normalized spacial score (nSPS) is 25.8. The van der Waals surface area contributed by atoms with Crippen molar-refractivity contribution in [2.75, 3.05) is 13.7 Å². The molecule has 1 N–H and O–H groups in total. The van der Waals surface area contributed by atoms with Gasteiger partial charge in [-0.05, 0) is 46.6 Å². The number of rotatable bonds is 5. The number of nitrogens with one attached hydrogen (secondary N) is 1. The molecule has 2 rings (SSSR count). The van der Waals surface area contributed by atoms with Gasteiger partial charge in [-0.1, -0.05) is 11.8 Å². The van der Waals surface area contributed by atoms with Crippen molar-refractivity contribution in [3.05, 3.63) is 5.82 Å². The molecule has 1 aliphatic carbocycles. The van der Waals surface area contributed by atoms with Crippen LogP contribution in [0.5, 0.6) is 0 Å². The van der Waals surface area contributed by atoms with Gasteiger partial charge in [0.05, 0.1) is 6.61 Å². The third kappa shape index (κ3) is 3.40. The first-order valence-corrected chi connectivity index (χ1v) is 8.29. The average Bonchev–Trinajstić information content (AvgIpc) is 2.79. The molecule has 1 aromatic heterocycles. The Balaban J connectivity index is 2.09. The van der Waals surface area contributed by atoms with Crippen molar-refractivity contribution in [2.24, 2.45) is 7.05 Å². The Hall–Kier alpha value is -1.08. The molecule has 2 atom stereocenters. The molecule has 1 heterocycles. The van der Waals surface area contributed by atoms with Gasteiger partial charge in [0, 0.05) is 12.3 Å². The van der Waals surface area contributed by atoms with Crippen LogP contribution in [-0.4, -0.2) is 45.2 Å². The van der Waals surface area contributed by atoms with E-state index in [4.69, 9.17) is 4.74 Å². The van der Waals surface area contributed by atoms with E-state index in [-0.39, 0.29) is 5.97 Å². The molecule has 6 nitrogen and oxygen atoms in total. The fraction of sp³-hybridized carbons (Fsp3) is 0.786. The minimum absolute atomic E-state index is 0.132. The first kappa shape index (κ1) is 16.3. The Kier molecular flexibility index (Phi) is 5.27. The highest BCUT2D eigenvalue weighted by Gasteiger charge is 2.43. The summed E-state index contributed by atoms with van der Waals surface area (Å²) in [6.45, 7) is 4.20. The summed E-state index contributed by atoms with van der Waals surface area (Å²) in [5.74, 6) is 0.769. The van der Waals surface area contributed by atoms with E-state index in [9.17, 15) is 4.79 Å². The van der Waals surface area contributed by atoms with Gasteiger partial charge in [-0.3, -0.25) is 4.79 Å². The van der Waals surface area contributed by atoms with Gasteiger partial charge in [0.15, 0.2) is 5.16 Å². The highest BCUT2D eigenvalue weighted by atomic mass is 32.2. The van der Waals surface area contributed by atoms with Crippen molar-refractivity contribution < 1.29 is 9.53 Å². The number of nitrogens with zero attached hydrogens (tertiary/aromatic N) is 3. The summed E-state index contributed by atoms with van der Waals surface area (Å²) in [6, 6.07) is 0. The number of carbonyl (C=O) groups excluding carboxylic acids is 1. The smallest absolute Gasteiger partial charge is 0.326 e. The summed E-state index contributed by atoms with van der Waals surface area (Å²) in [5.41, 5.74) is -0.556.